The molecule has 2 aromatic rings. The lowest BCUT2D eigenvalue weighted by Gasteiger charge is -2.28. The van der Waals surface area contributed by atoms with E-state index >= 15 is 0 Å². The van der Waals surface area contributed by atoms with Crippen molar-refractivity contribution >= 4 is 21.9 Å². The number of ether oxygens (including phenoxy) is 3. The summed E-state index contributed by atoms with van der Waals surface area (Å²) in [5.74, 6) is 1.08. The molecular formula is C21H25BrO4. The molecule has 140 valence electrons. The maximum Gasteiger partial charge on any atom is 0.350 e. The number of hydrogen-bond donors (Lipinski definition) is 0. The molecule has 0 unspecified atom stereocenters. The molecule has 0 saturated heterocycles. The summed E-state index contributed by atoms with van der Waals surface area (Å²) in [7, 11) is 0. The van der Waals surface area contributed by atoms with Gasteiger partial charge in [0.2, 0.25) is 5.60 Å². The molecular weight excluding hydrogens is 396 g/mol. The number of alkyl halides is 1. The molecule has 26 heavy (non-hydrogen) atoms. The fraction of sp³-hybridized carbons (Fsp3) is 0.381. The Morgan fingerprint density at radius 2 is 1.73 bits per heavy atom. The van der Waals surface area contributed by atoms with E-state index in [1.165, 1.54) is 0 Å². The monoisotopic (exact) mass is 420 g/mol. The molecule has 1 atom stereocenters. The van der Waals surface area contributed by atoms with Gasteiger partial charge in [-0.1, -0.05) is 46.3 Å². The van der Waals surface area contributed by atoms with Gasteiger partial charge >= 0.3 is 5.97 Å². The number of benzene rings is 2. The van der Waals surface area contributed by atoms with Crippen LogP contribution in [0, 0.1) is 0 Å². The quantitative estimate of drug-likeness (QED) is 0.314. The number of para-hydroxylation sites is 1. The van der Waals surface area contributed by atoms with Crippen molar-refractivity contribution in [1.82, 2.24) is 0 Å². The van der Waals surface area contributed by atoms with Crippen molar-refractivity contribution in [3.8, 4) is 11.5 Å². The van der Waals surface area contributed by atoms with Gasteiger partial charge in [-0.25, -0.2) is 4.79 Å². The van der Waals surface area contributed by atoms with Crippen molar-refractivity contribution in [2.45, 2.75) is 32.3 Å². The van der Waals surface area contributed by atoms with Gasteiger partial charge in [0.15, 0.2) is 0 Å². The van der Waals surface area contributed by atoms with E-state index in [4.69, 9.17) is 14.2 Å². The summed E-state index contributed by atoms with van der Waals surface area (Å²) in [6.07, 6.45) is 1.36. The fourth-order valence-electron chi connectivity index (χ4n) is 2.52. The Hall–Kier alpha value is -2.01. The third-order valence-electron chi connectivity index (χ3n) is 3.81. The Labute approximate surface area is 163 Å². The van der Waals surface area contributed by atoms with Crippen LogP contribution in [0.5, 0.6) is 11.5 Å². The predicted molar refractivity (Wildman–Crippen MR) is 106 cm³/mol. The average molecular weight is 421 g/mol. The molecule has 0 N–H and O–H groups in total. The van der Waals surface area contributed by atoms with Crippen LogP contribution in [0.2, 0.25) is 0 Å². The average Bonchev–Trinajstić information content (AvgIpc) is 2.64. The molecule has 0 radical (unpaired) electrons. The summed E-state index contributed by atoms with van der Waals surface area (Å²) in [5, 5.41) is 0.916. The van der Waals surface area contributed by atoms with E-state index in [1.54, 1.807) is 13.8 Å². The molecule has 0 spiro atoms. The van der Waals surface area contributed by atoms with Crippen LogP contribution in [-0.4, -0.2) is 30.1 Å². The van der Waals surface area contributed by atoms with Crippen LogP contribution < -0.4 is 9.47 Å². The van der Waals surface area contributed by atoms with Gasteiger partial charge in [-0.2, -0.15) is 0 Å². The number of carbonyl (C=O) groups excluding carboxylic acids is 1. The van der Waals surface area contributed by atoms with Gasteiger partial charge in [-0.3, -0.25) is 0 Å². The minimum absolute atomic E-state index is 0.312. The number of halogens is 1. The third kappa shape index (κ3) is 6.06. The van der Waals surface area contributed by atoms with Gasteiger partial charge in [0.25, 0.3) is 0 Å². The molecule has 2 rings (SSSR count). The molecule has 0 aliphatic rings. The molecule has 0 saturated carbocycles. The van der Waals surface area contributed by atoms with Crippen molar-refractivity contribution in [2.24, 2.45) is 0 Å². The van der Waals surface area contributed by atoms with E-state index in [2.05, 4.69) is 15.9 Å². The molecule has 0 amide bonds. The van der Waals surface area contributed by atoms with Crippen LogP contribution in [0.15, 0.2) is 54.6 Å². The van der Waals surface area contributed by atoms with Crippen molar-refractivity contribution in [3.05, 3.63) is 60.2 Å². The van der Waals surface area contributed by atoms with Gasteiger partial charge in [-0.05, 0) is 50.1 Å². The largest absolute Gasteiger partial charge is 0.494 e. The van der Waals surface area contributed by atoms with Crippen molar-refractivity contribution in [1.29, 1.82) is 0 Å². The molecule has 0 heterocycles. The highest BCUT2D eigenvalue weighted by atomic mass is 79.9. The summed E-state index contributed by atoms with van der Waals surface area (Å²) < 4.78 is 16.9. The van der Waals surface area contributed by atoms with Crippen molar-refractivity contribution in [3.63, 3.8) is 0 Å². The van der Waals surface area contributed by atoms with Crippen LogP contribution in [0.3, 0.4) is 0 Å². The fourth-order valence-corrected chi connectivity index (χ4v) is 2.75. The van der Waals surface area contributed by atoms with Gasteiger partial charge in [0, 0.05) is 11.8 Å². The molecule has 0 aromatic heterocycles. The van der Waals surface area contributed by atoms with E-state index < -0.39 is 5.60 Å². The van der Waals surface area contributed by atoms with Crippen LogP contribution in [0.25, 0.3) is 0 Å². The molecule has 0 fully saturated rings. The zero-order valence-corrected chi connectivity index (χ0v) is 16.8. The van der Waals surface area contributed by atoms with E-state index in [-0.39, 0.29) is 5.97 Å². The molecule has 0 aliphatic carbocycles. The highest BCUT2D eigenvalue weighted by molar-refractivity contribution is 9.09. The zero-order chi connectivity index (χ0) is 18.8. The maximum absolute atomic E-state index is 12.5. The molecule has 0 bridgehead atoms. The lowest BCUT2D eigenvalue weighted by Crippen LogP contribution is -2.45. The third-order valence-corrected chi connectivity index (χ3v) is 4.37. The first kappa shape index (κ1) is 20.3. The van der Waals surface area contributed by atoms with Gasteiger partial charge in [0.1, 0.15) is 11.5 Å². The Kier molecular flexibility index (Phi) is 7.98. The second kappa shape index (κ2) is 10.2. The Morgan fingerprint density at radius 3 is 2.35 bits per heavy atom. The first-order valence-electron chi connectivity index (χ1n) is 8.76. The SMILES string of the molecule is CCOC(=O)[C@](C)(Cc1ccc(OCCCBr)cc1)Oc1ccccc1. The standard InChI is InChI=1S/C21H25BrO4/c1-3-24-20(23)21(2,26-19-8-5-4-6-9-19)16-17-10-12-18(13-11-17)25-15-7-14-22/h4-6,8-13H,3,7,14-16H2,1-2H3/t21-/m0/s1. The van der Waals surface area contributed by atoms with Crippen LogP contribution >= 0.6 is 15.9 Å². The van der Waals surface area contributed by atoms with Gasteiger partial charge in [-0.15, -0.1) is 0 Å². The lowest BCUT2D eigenvalue weighted by atomic mass is 9.96. The second-order valence-corrected chi connectivity index (χ2v) is 6.87. The Balaban J connectivity index is 2.11. The van der Waals surface area contributed by atoms with Crippen molar-refractivity contribution < 1.29 is 19.0 Å². The molecule has 0 aliphatic heterocycles. The summed E-state index contributed by atoms with van der Waals surface area (Å²) in [5.41, 5.74) is -0.125. The summed E-state index contributed by atoms with van der Waals surface area (Å²) in [6.45, 7) is 4.54. The minimum atomic E-state index is -1.10. The van der Waals surface area contributed by atoms with E-state index in [1.807, 2.05) is 54.6 Å². The summed E-state index contributed by atoms with van der Waals surface area (Å²) in [6, 6.07) is 17.1. The molecule has 5 heteroatoms. The first-order chi connectivity index (χ1) is 12.6. The van der Waals surface area contributed by atoms with Crippen LogP contribution in [0.4, 0.5) is 0 Å². The normalized spacial score (nSPS) is 12.9. The number of esters is 1. The van der Waals surface area contributed by atoms with Gasteiger partial charge < -0.3 is 14.2 Å². The van der Waals surface area contributed by atoms with Crippen molar-refractivity contribution in [2.75, 3.05) is 18.5 Å². The highest BCUT2D eigenvalue weighted by Crippen LogP contribution is 2.25. The Bertz CT molecular complexity index is 672. The predicted octanol–water partition coefficient (Wildman–Crippen LogP) is 4.79. The molecule has 4 nitrogen and oxygen atoms in total. The number of carbonyl (C=O) groups is 1. The molecule has 2 aromatic carbocycles. The first-order valence-corrected chi connectivity index (χ1v) is 9.88. The smallest absolute Gasteiger partial charge is 0.350 e. The topological polar surface area (TPSA) is 44.8 Å². The van der Waals surface area contributed by atoms with Gasteiger partial charge in [0.05, 0.1) is 13.2 Å². The van der Waals surface area contributed by atoms with E-state index in [9.17, 15) is 4.79 Å². The Morgan fingerprint density at radius 1 is 1.04 bits per heavy atom. The lowest BCUT2D eigenvalue weighted by molar-refractivity contribution is -0.160. The minimum Gasteiger partial charge on any atom is -0.494 e. The maximum atomic E-state index is 12.5. The zero-order valence-electron chi connectivity index (χ0n) is 15.2. The summed E-state index contributed by atoms with van der Waals surface area (Å²) >= 11 is 3.38. The van der Waals surface area contributed by atoms with Crippen LogP contribution in [0.1, 0.15) is 25.8 Å². The number of hydrogen-bond acceptors (Lipinski definition) is 4. The van der Waals surface area contributed by atoms with E-state index in [0.717, 1.165) is 23.1 Å². The second-order valence-electron chi connectivity index (χ2n) is 6.08. The van der Waals surface area contributed by atoms with Crippen LogP contribution in [-0.2, 0) is 16.0 Å². The van der Waals surface area contributed by atoms with E-state index in [0.29, 0.717) is 25.4 Å². The number of rotatable bonds is 10. The summed E-state index contributed by atoms with van der Waals surface area (Å²) in [4.78, 5) is 12.5. The highest BCUT2D eigenvalue weighted by Gasteiger charge is 2.37.